The van der Waals surface area contributed by atoms with Gasteiger partial charge in [-0.3, -0.25) is 4.79 Å². The average Bonchev–Trinajstić information content (AvgIpc) is 3.33. The van der Waals surface area contributed by atoms with Gasteiger partial charge in [0.05, 0.1) is 0 Å². The van der Waals surface area contributed by atoms with Crippen molar-refractivity contribution in [1.29, 1.82) is 0 Å². The molecule has 2 aliphatic carbocycles. The summed E-state index contributed by atoms with van der Waals surface area (Å²) in [7, 11) is -4.17. The molecule has 1 saturated carbocycles. The van der Waals surface area contributed by atoms with Crippen molar-refractivity contribution in [2.24, 2.45) is 5.92 Å². The van der Waals surface area contributed by atoms with Crippen LogP contribution in [0.2, 0.25) is 0 Å². The van der Waals surface area contributed by atoms with Gasteiger partial charge < -0.3 is 10.4 Å². The molecule has 3 aliphatic rings. The first-order chi connectivity index (χ1) is 12.3. The Bertz CT molecular complexity index is 854. The standard InChI is InChI=1S/C17H22FN3O4S/c18-16-13-8-12(19-6-5-10-1-2-10)4-3-11(13)7-14(22)17(16)21-9-15(23)20-26(21,24)25/h7,10,12,19,22H,1-6,8-9H2,(H,20,23)/t12-/m1/s1. The van der Waals surface area contributed by atoms with Crippen LogP contribution in [0.5, 0.6) is 5.75 Å². The van der Waals surface area contributed by atoms with Gasteiger partial charge in [-0.05, 0) is 55.3 Å². The van der Waals surface area contributed by atoms with Crippen molar-refractivity contribution in [3.05, 3.63) is 23.0 Å². The smallest absolute Gasteiger partial charge is 0.326 e. The number of nitrogens with zero attached hydrogens (tertiary/aromatic N) is 1. The maximum absolute atomic E-state index is 15.1. The number of amides is 1. The summed E-state index contributed by atoms with van der Waals surface area (Å²) in [6.45, 7) is 0.366. The Morgan fingerprint density at radius 3 is 2.77 bits per heavy atom. The molecule has 2 fully saturated rings. The van der Waals surface area contributed by atoms with E-state index in [1.807, 2.05) is 0 Å². The predicted molar refractivity (Wildman–Crippen MR) is 93.6 cm³/mol. The van der Waals surface area contributed by atoms with E-state index in [0.29, 0.717) is 28.3 Å². The van der Waals surface area contributed by atoms with E-state index in [9.17, 15) is 18.3 Å². The van der Waals surface area contributed by atoms with E-state index < -0.39 is 39.9 Å². The molecular formula is C17H22FN3O4S. The quantitative estimate of drug-likeness (QED) is 0.703. The van der Waals surface area contributed by atoms with Crippen LogP contribution < -0.4 is 14.3 Å². The first-order valence-corrected chi connectivity index (χ1v) is 10.4. The van der Waals surface area contributed by atoms with Crippen molar-refractivity contribution < 1.29 is 22.7 Å². The van der Waals surface area contributed by atoms with Gasteiger partial charge in [0.2, 0.25) is 0 Å². The molecule has 4 rings (SSSR count). The first kappa shape index (κ1) is 17.5. The third-order valence-electron chi connectivity index (χ3n) is 5.38. The van der Waals surface area contributed by atoms with Gasteiger partial charge in [-0.15, -0.1) is 0 Å². The molecule has 0 aromatic heterocycles. The van der Waals surface area contributed by atoms with Gasteiger partial charge in [-0.2, -0.15) is 8.42 Å². The van der Waals surface area contributed by atoms with Gasteiger partial charge in [0.1, 0.15) is 18.0 Å². The monoisotopic (exact) mass is 383 g/mol. The fraction of sp³-hybridized carbons (Fsp3) is 0.588. The molecule has 142 valence electrons. The normalized spacial score (nSPS) is 24.4. The summed E-state index contributed by atoms with van der Waals surface area (Å²) in [5.41, 5.74) is 0.670. The SMILES string of the molecule is O=C1CN(c2c(O)cc3c(c2F)C[C@H](NCCC2CC2)CC3)S(=O)(=O)N1. The number of carbonyl (C=O) groups excluding carboxylic acids is 1. The number of halogens is 1. The Morgan fingerprint density at radius 1 is 1.35 bits per heavy atom. The van der Waals surface area contributed by atoms with Gasteiger partial charge >= 0.3 is 10.2 Å². The number of anilines is 1. The van der Waals surface area contributed by atoms with Crippen molar-refractivity contribution in [3.8, 4) is 5.75 Å². The Hall–Kier alpha value is -1.87. The zero-order valence-electron chi connectivity index (χ0n) is 14.3. The summed E-state index contributed by atoms with van der Waals surface area (Å²) in [4.78, 5) is 11.4. The zero-order chi connectivity index (χ0) is 18.5. The van der Waals surface area contributed by atoms with Crippen molar-refractivity contribution >= 4 is 21.8 Å². The Balaban J connectivity index is 1.59. The van der Waals surface area contributed by atoms with Crippen molar-refractivity contribution in [2.45, 2.75) is 44.6 Å². The molecule has 1 aromatic carbocycles. The summed E-state index contributed by atoms with van der Waals surface area (Å²) in [6, 6.07) is 1.55. The van der Waals surface area contributed by atoms with Crippen LogP contribution in [0.1, 0.15) is 36.8 Å². The highest BCUT2D eigenvalue weighted by Crippen LogP contribution is 2.39. The first-order valence-electron chi connectivity index (χ1n) is 8.95. The number of aryl methyl sites for hydroxylation is 1. The Morgan fingerprint density at radius 2 is 2.12 bits per heavy atom. The lowest BCUT2D eigenvalue weighted by atomic mass is 9.87. The number of hydrogen-bond acceptors (Lipinski definition) is 5. The van der Waals surface area contributed by atoms with Gasteiger partial charge in [0.15, 0.2) is 5.82 Å². The molecule has 9 heteroatoms. The molecule has 1 atom stereocenters. The summed E-state index contributed by atoms with van der Waals surface area (Å²) < 4.78 is 41.6. The van der Waals surface area contributed by atoms with E-state index in [4.69, 9.17) is 0 Å². The number of nitrogens with one attached hydrogen (secondary N) is 2. The van der Waals surface area contributed by atoms with E-state index in [1.165, 1.54) is 18.9 Å². The fourth-order valence-electron chi connectivity index (χ4n) is 3.79. The number of phenolic OH excluding ortho intramolecular Hbond substituents is 1. The Labute approximate surface area is 151 Å². The number of aromatic hydroxyl groups is 1. The maximum atomic E-state index is 15.1. The molecule has 1 aromatic rings. The predicted octanol–water partition coefficient (Wildman–Crippen LogP) is 0.959. The van der Waals surface area contributed by atoms with Crippen LogP contribution in [-0.2, 0) is 27.8 Å². The molecule has 0 unspecified atom stereocenters. The van der Waals surface area contributed by atoms with Crippen LogP contribution in [-0.4, -0.2) is 38.6 Å². The van der Waals surface area contributed by atoms with Crippen molar-refractivity contribution in [3.63, 3.8) is 0 Å². The molecule has 0 bridgehead atoms. The van der Waals surface area contributed by atoms with Crippen LogP contribution in [0.15, 0.2) is 6.07 Å². The maximum Gasteiger partial charge on any atom is 0.326 e. The number of phenols is 1. The van der Waals surface area contributed by atoms with Gasteiger partial charge in [-0.25, -0.2) is 13.4 Å². The molecule has 26 heavy (non-hydrogen) atoms. The van der Waals surface area contributed by atoms with E-state index in [1.54, 1.807) is 4.72 Å². The van der Waals surface area contributed by atoms with Gasteiger partial charge in [0, 0.05) is 6.04 Å². The highest BCUT2D eigenvalue weighted by atomic mass is 32.2. The van der Waals surface area contributed by atoms with E-state index in [2.05, 4.69) is 5.32 Å². The van der Waals surface area contributed by atoms with E-state index in [0.717, 1.165) is 25.3 Å². The molecule has 7 nitrogen and oxygen atoms in total. The van der Waals surface area contributed by atoms with Crippen LogP contribution in [0.4, 0.5) is 10.1 Å². The van der Waals surface area contributed by atoms with Crippen LogP contribution in [0.25, 0.3) is 0 Å². The third-order valence-corrected chi connectivity index (χ3v) is 6.76. The number of rotatable bonds is 5. The number of fused-ring (bicyclic) bond motifs is 1. The van der Waals surface area contributed by atoms with E-state index >= 15 is 4.39 Å². The molecule has 3 N–H and O–H groups in total. The minimum atomic E-state index is -4.17. The highest BCUT2D eigenvalue weighted by Gasteiger charge is 2.39. The van der Waals surface area contributed by atoms with E-state index in [-0.39, 0.29) is 6.04 Å². The molecule has 1 aliphatic heterocycles. The lowest BCUT2D eigenvalue weighted by molar-refractivity contribution is -0.117. The summed E-state index contributed by atoms with van der Waals surface area (Å²) >= 11 is 0. The second-order valence-electron chi connectivity index (χ2n) is 7.36. The lowest BCUT2D eigenvalue weighted by Gasteiger charge is -2.28. The van der Waals surface area contributed by atoms with Gasteiger partial charge in [0.25, 0.3) is 5.91 Å². The molecule has 1 heterocycles. The number of benzene rings is 1. The van der Waals surface area contributed by atoms with Crippen LogP contribution >= 0.6 is 0 Å². The number of carbonyl (C=O) groups is 1. The van der Waals surface area contributed by atoms with Gasteiger partial charge in [-0.1, -0.05) is 12.8 Å². The largest absolute Gasteiger partial charge is 0.506 e. The zero-order valence-corrected chi connectivity index (χ0v) is 15.1. The second kappa shape index (κ2) is 6.38. The topological polar surface area (TPSA) is 98.7 Å². The fourth-order valence-corrected chi connectivity index (χ4v) is 4.96. The number of hydrogen-bond donors (Lipinski definition) is 3. The molecule has 1 amide bonds. The summed E-state index contributed by atoms with van der Waals surface area (Å²) in [5, 5.41) is 13.7. The van der Waals surface area contributed by atoms with Crippen LogP contribution in [0.3, 0.4) is 0 Å². The van der Waals surface area contributed by atoms with Crippen molar-refractivity contribution in [1.82, 2.24) is 10.0 Å². The highest BCUT2D eigenvalue weighted by molar-refractivity contribution is 7.92. The summed E-state index contributed by atoms with van der Waals surface area (Å²) in [6.07, 6.45) is 5.62. The second-order valence-corrected chi connectivity index (χ2v) is 8.95. The third kappa shape index (κ3) is 3.25. The summed E-state index contributed by atoms with van der Waals surface area (Å²) in [5.74, 6) is -1.14. The molecule has 0 radical (unpaired) electrons. The Kier molecular flexibility index (Phi) is 4.31. The van der Waals surface area contributed by atoms with Crippen LogP contribution in [0, 0.1) is 11.7 Å². The molecule has 1 saturated heterocycles. The van der Waals surface area contributed by atoms with Crippen molar-refractivity contribution in [2.75, 3.05) is 17.4 Å². The minimum Gasteiger partial charge on any atom is -0.506 e. The molecular weight excluding hydrogens is 361 g/mol. The minimum absolute atomic E-state index is 0.128. The average molecular weight is 383 g/mol. The molecule has 0 spiro atoms. The lowest BCUT2D eigenvalue weighted by Crippen LogP contribution is -2.36.